The summed E-state index contributed by atoms with van der Waals surface area (Å²) in [5.41, 5.74) is 12.8. The smallest absolute Gasteiger partial charge is 0.160 e. The van der Waals surface area contributed by atoms with Crippen LogP contribution in [0.4, 0.5) is 0 Å². The summed E-state index contributed by atoms with van der Waals surface area (Å²) < 4.78 is 0. The molecule has 0 amide bonds. The molecule has 8 aromatic rings. The molecule has 2 heteroatoms. The molecule has 9 rings (SSSR count). The summed E-state index contributed by atoms with van der Waals surface area (Å²) in [5.74, 6) is 0.719. The Morgan fingerprint density at radius 3 is 1.70 bits per heavy atom. The van der Waals surface area contributed by atoms with Crippen LogP contribution in [0.2, 0.25) is 0 Å². The van der Waals surface area contributed by atoms with Gasteiger partial charge in [0.05, 0.1) is 11.4 Å². The maximum Gasteiger partial charge on any atom is 0.160 e. The Bertz CT molecular complexity index is 2460. The fraction of sp³-hybridized carbons (Fsp3) is 0.0667. The van der Waals surface area contributed by atoms with Crippen LogP contribution in [0.5, 0.6) is 0 Å². The fourth-order valence-corrected chi connectivity index (χ4v) is 7.34. The lowest BCUT2D eigenvalue weighted by atomic mass is 9.81. The number of fused-ring (bicyclic) bond motifs is 6. The van der Waals surface area contributed by atoms with E-state index in [-0.39, 0.29) is 5.41 Å². The van der Waals surface area contributed by atoms with Crippen molar-refractivity contribution in [1.82, 2.24) is 9.97 Å². The van der Waals surface area contributed by atoms with E-state index < -0.39 is 0 Å². The van der Waals surface area contributed by atoms with Crippen LogP contribution in [0.25, 0.3) is 77.7 Å². The van der Waals surface area contributed by atoms with E-state index in [1.807, 2.05) is 12.1 Å². The van der Waals surface area contributed by atoms with Crippen molar-refractivity contribution in [3.8, 4) is 56.2 Å². The van der Waals surface area contributed by atoms with Gasteiger partial charge < -0.3 is 0 Å². The first-order valence-corrected chi connectivity index (χ1v) is 16.2. The van der Waals surface area contributed by atoms with Crippen LogP contribution < -0.4 is 0 Å². The van der Waals surface area contributed by atoms with Gasteiger partial charge in [0.25, 0.3) is 0 Å². The Morgan fingerprint density at radius 2 is 0.957 bits per heavy atom. The lowest BCUT2D eigenvalue weighted by molar-refractivity contribution is 0.661. The molecular weight excluding hydrogens is 569 g/mol. The maximum atomic E-state index is 5.15. The third-order valence-corrected chi connectivity index (χ3v) is 9.88. The Morgan fingerprint density at radius 1 is 0.383 bits per heavy atom. The third-order valence-electron chi connectivity index (χ3n) is 9.88. The molecule has 1 aliphatic rings. The van der Waals surface area contributed by atoms with Crippen molar-refractivity contribution >= 4 is 21.5 Å². The molecule has 1 heterocycles. The highest BCUT2D eigenvalue weighted by Crippen LogP contribution is 2.50. The largest absolute Gasteiger partial charge is 0.228 e. The van der Waals surface area contributed by atoms with Crippen molar-refractivity contribution in [1.29, 1.82) is 0 Å². The van der Waals surface area contributed by atoms with Crippen LogP contribution in [-0.4, -0.2) is 9.97 Å². The lowest BCUT2D eigenvalue weighted by Crippen LogP contribution is -2.14. The number of hydrogen-bond donors (Lipinski definition) is 0. The summed E-state index contributed by atoms with van der Waals surface area (Å²) in [6.07, 6.45) is 0. The molecule has 7 aromatic carbocycles. The van der Waals surface area contributed by atoms with E-state index >= 15 is 0 Å². The third kappa shape index (κ3) is 4.56. The van der Waals surface area contributed by atoms with E-state index in [0.717, 1.165) is 33.9 Å². The zero-order valence-electron chi connectivity index (χ0n) is 26.4. The van der Waals surface area contributed by atoms with Gasteiger partial charge in [0, 0.05) is 22.1 Å². The van der Waals surface area contributed by atoms with Gasteiger partial charge in [-0.1, -0.05) is 147 Å². The van der Waals surface area contributed by atoms with E-state index in [4.69, 9.17) is 9.97 Å². The highest BCUT2D eigenvalue weighted by atomic mass is 14.9. The zero-order valence-corrected chi connectivity index (χ0v) is 26.4. The van der Waals surface area contributed by atoms with Gasteiger partial charge in [-0.2, -0.15) is 0 Å². The first-order chi connectivity index (χ1) is 23.0. The maximum absolute atomic E-state index is 5.15. The van der Waals surface area contributed by atoms with Crippen molar-refractivity contribution < 1.29 is 0 Å². The molecule has 0 spiro atoms. The Hall–Kier alpha value is -5.86. The van der Waals surface area contributed by atoms with Crippen LogP contribution >= 0.6 is 0 Å². The molecule has 2 nitrogen and oxygen atoms in total. The van der Waals surface area contributed by atoms with Crippen LogP contribution in [0.15, 0.2) is 158 Å². The Kier molecular flexibility index (Phi) is 6.20. The van der Waals surface area contributed by atoms with E-state index in [0.29, 0.717) is 0 Å². The molecule has 47 heavy (non-hydrogen) atoms. The highest BCUT2D eigenvalue weighted by molar-refractivity contribution is 6.10. The normalized spacial score (nSPS) is 13.1. The van der Waals surface area contributed by atoms with Crippen molar-refractivity contribution in [2.45, 2.75) is 19.3 Å². The van der Waals surface area contributed by atoms with Gasteiger partial charge in [-0.05, 0) is 79.2 Å². The Labute approximate surface area is 275 Å². The van der Waals surface area contributed by atoms with Gasteiger partial charge in [-0.3, -0.25) is 0 Å². The minimum absolute atomic E-state index is 0.0350. The molecular formula is C45H32N2. The summed E-state index contributed by atoms with van der Waals surface area (Å²) in [4.78, 5) is 10.2. The molecule has 0 atom stereocenters. The molecule has 0 aliphatic heterocycles. The predicted octanol–water partition coefficient (Wildman–Crippen LogP) is 11.8. The molecule has 0 radical (unpaired) electrons. The zero-order chi connectivity index (χ0) is 31.5. The number of nitrogens with zero attached hydrogens (tertiary/aromatic N) is 2. The van der Waals surface area contributed by atoms with Crippen LogP contribution in [-0.2, 0) is 5.41 Å². The van der Waals surface area contributed by atoms with Gasteiger partial charge in [-0.15, -0.1) is 0 Å². The minimum atomic E-state index is -0.0350. The van der Waals surface area contributed by atoms with E-state index in [9.17, 15) is 0 Å². The van der Waals surface area contributed by atoms with Gasteiger partial charge in [0.1, 0.15) is 0 Å². The highest BCUT2D eigenvalue weighted by Gasteiger charge is 2.35. The number of rotatable bonds is 4. The summed E-state index contributed by atoms with van der Waals surface area (Å²) >= 11 is 0. The van der Waals surface area contributed by atoms with Crippen molar-refractivity contribution in [2.75, 3.05) is 0 Å². The van der Waals surface area contributed by atoms with Crippen LogP contribution in [0.1, 0.15) is 25.0 Å². The average molecular weight is 601 g/mol. The van der Waals surface area contributed by atoms with Crippen molar-refractivity contribution in [3.63, 3.8) is 0 Å². The molecule has 0 N–H and O–H groups in total. The van der Waals surface area contributed by atoms with E-state index in [2.05, 4.69) is 159 Å². The lowest BCUT2D eigenvalue weighted by Gasteiger charge is -2.22. The molecule has 1 aliphatic carbocycles. The van der Waals surface area contributed by atoms with Crippen molar-refractivity contribution in [2.24, 2.45) is 0 Å². The molecule has 0 unspecified atom stereocenters. The van der Waals surface area contributed by atoms with Crippen LogP contribution in [0.3, 0.4) is 0 Å². The SMILES string of the molecule is CC1(C)c2ccccc2-c2cc3ccc4cc(-c5cc(-c6ccccc6)nc(-c6ccc(-c7ccccc7)cc6)n5)ccc4c3cc21. The first kappa shape index (κ1) is 27.5. The fourth-order valence-electron chi connectivity index (χ4n) is 7.34. The summed E-state index contributed by atoms with van der Waals surface area (Å²) in [6.45, 7) is 4.69. The van der Waals surface area contributed by atoms with Gasteiger partial charge in [0.2, 0.25) is 0 Å². The molecule has 0 saturated carbocycles. The minimum Gasteiger partial charge on any atom is -0.228 e. The molecule has 0 bridgehead atoms. The van der Waals surface area contributed by atoms with Crippen molar-refractivity contribution in [3.05, 3.63) is 169 Å². The summed E-state index contributed by atoms with van der Waals surface area (Å²) in [7, 11) is 0. The summed E-state index contributed by atoms with van der Waals surface area (Å²) in [6, 6.07) is 56.5. The monoisotopic (exact) mass is 600 g/mol. The van der Waals surface area contributed by atoms with Crippen LogP contribution in [0, 0.1) is 0 Å². The molecule has 0 saturated heterocycles. The second-order valence-corrected chi connectivity index (χ2v) is 13.1. The predicted molar refractivity (Wildman–Crippen MR) is 196 cm³/mol. The van der Waals surface area contributed by atoms with Gasteiger partial charge in [-0.25, -0.2) is 9.97 Å². The number of aromatic nitrogens is 2. The first-order valence-electron chi connectivity index (χ1n) is 16.2. The summed E-state index contributed by atoms with van der Waals surface area (Å²) in [5, 5.41) is 5.03. The number of benzene rings is 7. The topological polar surface area (TPSA) is 25.8 Å². The Balaban J connectivity index is 1.16. The van der Waals surface area contributed by atoms with Gasteiger partial charge >= 0.3 is 0 Å². The average Bonchev–Trinajstić information content (AvgIpc) is 3.36. The van der Waals surface area contributed by atoms with E-state index in [1.54, 1.807) is 0 Å². The number of hydrogen-bond acceptors (Lipinski definition) is 2. The standard InChI is InChI=1S/C45H32N2/c1-45(2)40-16-10-9-15-37(40)39-26-34-22-21-33-25-35(23-24-36(33)38(34)27-41(39)45)43-28-42(31-13-7-4-8-14-31)46-44(47-43)32-19-17-30(18-20-32)29-11-5-3-6-12-29/h3-28H,1-2H3. The quantitative estimate of drug-likeness (QED) is 0.188. The second-order valence-electron chi connectivity index (χ2n) is 13.1. The second kappa shape index (κ2) is 10.6. The van der Waals surface area contributed by atoms with Gasteiger partial charge in [0.15, 0.2) is 5.82 Å². The van der Waals surface area contributed by atoms with E-state index in [1.165, 1.54) is 54.9 Å². The molecule has 1 aromatic heterocycles. The molecule has 222 valence electrons. The molecule has 0 fully saturated rings.